The van der Waals surface area contributed by atoms with E-state index in [2.05, 4.69) is 5.32 Å². The Bertz CT molecular complexity index is 485. The van der Waals surface area contributed by atoms with E-state index >= 15 is 0 Å². The highest BCUT2D eigenvalue weighted by atomic mass is 35.5. The van der Waals surface area contributed by atoms with Crippen molar-refractivity contribution in [3.8, 4) is 0 Å². The summed E-state index contributed by atoms with van der Waals surface area (Å²) in [5.74, 6) is 0.325. The van der Waals surface area contributed by atoms with Crippen molar-refractivity contribution in [3.05, 3.63) is 21.3 Å². The molecule has 1 heterocycles. The summed E-state index contributed by atoms with van der Waals surface area (Å²) in [4.78, 5) is 24.3. The molecule has 20 heavy (non-hydrogen) atoms. The molecule has 0 bridgehead atoms. The van der Waals surface area contributed by atoms with Gasteiger partial charge in [0.15, 0.2) is 5.78 Å². The van der Waals surface area contributed by atoms with Gasteiger partial charge in [0.05, 0.1) is 9.21 Å². The van der Waals surface area contributed by atoms with Gasteiger partial charge in [0.2, 0.25) is 5.91 Å². The number of thiophene rings is 1. The Hall–Kier alpha value is -0.910. The molecule has 1 saturated carbocycles. The third-order valence-corrected chi connectivity index (χ3v) is 4.68. The average Bonchev–Trinajstić information content (AvgIpc) is 3.17. The van der Waals surface area contributed by atoms with Gasteiger partial charge in [-0.1, -0.05) is 11.6 Å². The Kier molecular flexibility index (Phi) is 5.57. The van der Waals surface area contributed by atoms with Crippen molar-refractivity contribution in [1.29, 1.82) is 0 Å². The molecule has 0 radical (unpaired) electrons. The summed E-state index contributed by atoms with van der Waals surface area (Å²) in [7, 11) is 0. The Morgan fingerprint density at radius 2 is 2.15 bits per heavy atom. The van der Waals surface area contributed by atoms with E-state index in [1.807, 2.05) is 0 Å². The molecule has 1 unspecified atom stereocenters. The number of amides is 1. The fraction of sp³-hybridized carbons (Fsp3) is 0.571. The molecule has 0 saturated heterocycles. The van der Waals surface area contributed by atoms with Gasteiger partial charge in [-0.05, 0) is 37.3 Å². The molecule has 1 aromatic rings. The first-order valence-electron chi connectivity index (χ1n) is 6.79. The van der Waals surface area contributed by atoms with Gasteiger partial charge in [0.25, 0.3) is 0 Å². The quantitative estimate of drug-likeness (QED) is 0.725. The van der Waals surface area contributed by atoms with Crippen LogP contribution >= 0.6 is 22.9 Å². The Balaban J connectivity index is 1.75. The maximum Gasteiger partial charge on any atom is 0.220 e. The van der Waals surface area contributed by atoms with Crippen LogP contribution in [0, 0.1) is 5.92 Å². The van der Waals surface area contributed by atoms with Gasteiger partial charge in [-0.15, -0.1) is 11.3 Å². The van der Waals surface area contributed by atoms with Crippen molar-refractivity contribution >= 4 is 34.6 Å². The SMILES string of the molecule is O=C(CCC(=O)c1ccc(Cl)s1)NC(CCO)C1CC1. The second-order valence-electron chi connectivity index (χ2n) is 5.05. The fourth-order valence-corrected chi connectivity index (χ4v) is 3.17. The summed E-state index contributed by atoms with van der Waals surface area (Å²) in [5.41, 5.74) is 0. The Morgan fingerprint density at radius 3 is 2.70 bits per heavy atom. The summed E-state index contributed by atoms with van der Waals surface area (Å²) >= 11 is 7.01. The standard InChI is InChI=1S/C14H18ClNO3S/c15-13-5-4-12(20-13)11(18)3-6-14(19)16-10(7-8-17)9-1-2-9/h4-5,9-10,17H,1-3,6-8H2,(H,16,19). The maximum absolute atomic E-state index is 11.9. The van der Waals surface area contributed by atoms with Crippen molar-refractivity contribution in [3.63, 3.8) is 0 Å². The lowest BCUT2D eigenvalue weighted by Gasteiger charge is -2.16. The normalized spacial score (nSPS) is 15.9. The van der Waals surface area contributed by atoms with E-state index in [0.29, 0.717) is 21.6 Å². The lowest BCUT2D eigenvalue weighted by Crippen LogP contribution is -2.37. The van der Waals surface area contributed by atoms with Crippen LogP contribution in [-0.4, -0.2) is 29.4 Å². The lowest BCUT2D eigenvalue weighted by molar-refractivity contribution is -0.122. The van der Waals surface area contributed by atoms with Gasteiger partial charge < -0.3 is 10.4 Å². The fourth-order valence-electron chi connectivity index (χ4n) is 2.16. The van der Waals surface area contributed by atoms with Crippen molar-refractivity contribution < 1.29 is 14.7 Å². The van der Waals surface area contributed by atoms with Crippen LogP contribution in [0.4, 0.5) is 0 Å². The van der Waals surface area contributed by atoms with E-state index in [4.69, 9.17) is 16.7 Å². The smallest absolute Gasteiger partial charge is 0.220 e. The molecule has 2 rings (SSSR count). The number of hydrogen-bond acceptors (Lipinski definition) is 4. The number of rotatable bonds is 8. The van der Waals surface area contributed by atoms with Gasteiger partial charge in [0, 0.05) is 25.5 Å². The van der Waals surface area contributed by atoms with Crippen LogP contribution in [0.2, 0.25) is 4.34 Å². The second kappa shape index (κ2) is 7.20. The zero-order valence-corrected chi connectivity index (χ0v) is 12.7. The molecule has 0 spiro atoms. The highest BCUT2D eigenvalue weighted by Crippen LogP contribution is 2.34. The van der Waals surface area contributed by atoms with Crippen molar-refractivity contribution in [2.24, 2.45) is 5.92 Å². The summed E-state index contributed by atoms with van der Waals surface area (Å²) in [5, 5.41) is 11.9. The van der Waals surface area contributed by atoms with E-state index in [-0.39, 0.29) is 37.2 Å². The Labute approximate surface area is 127 Å². The molecule has 4 nitrogen and oxygen atoms in total. The summed E-state index contributed by atoms with van der Waals surface area (Å²) in [6.45, 7) is 0.0775. The maximum atomic E-state index is 11.9. The molecule has 1 aliphatic carbocycles. The van der Waals surface area contributed by atoms with Crippen molar-refractivity contribution in [2.75, 3.05) is 6.61 Å². The Morgan fingerprint density at radius 1 is 1.40 bits per heavy atom. The molecule has 110 valence electrons. The third-order valence-electron chi connectivity index (χ3n) is 3.40. The summed E-state index contributed by atoms with van der Waals surface area (Å²) < 4.78 is 0.578. The van der Waals surface area contributed by atoms with Gasteiger partial charge in [-0.25, -0.2) is 0 Å². The van der Waals surface area contributed by atoms with Gasteiger partial charge in [-0.2, -0.15) is 0 Å². The molecule has 1 amide bonds. The number of hydrogen-bond donors (Lipinski definition) is 2. The minimum Gasteiger partial charge on any atom is -0.396 e. The van der Waals surface area contributed by atoms with Crippen LogP contribution in [0.25, 0.3) is 0 Å². The first-order valence-corrected chi connectivity index (χ1v) is 7.98. The van der Waals surface area contributed by atoms with Gasteiger partial charge in [0.1, 0.15) is 0 Å². The molecule has 1 atom stereocenters. The number of nitrogens with one attached hydrogen (secondary N) is 1. The molecule has 1 aromatic heterocycles. The number of halogens is 1. The highest BCUT2D eigenvalue weighted by Gasteiger charge is 2.31. The molecule has 1 aliphatic rings. The molecular formula is C14H18ClNO3S. The average molecular weight is 316 g/mol. The van der Waals surface area contributed by atoms with Crippen LogP contribution in [0.3, 0.4) is 0 Å². The van der Waals surface area contributed by atoms with Gasteiger partial charge in [-0.3, -0.25) is 9.59 Å². The number of carbonyl (C=O) groups excluding carboxylic acids is 2. The number of ketones is 1. The first kappa shape index (κ1) is 15.5. The number of Topliss-reactive ketones (excluding diaryl/α,β-unsaturated/α-hetero) is 1. The topological polar surface area (TPSA) is 66.4 Å². The minimum atomic E-state index is -0.119. The number of aliphatic hydroxyl groups excluding tert-OH is 1. The molecule has 1 fully saturated rings. The van der Waals surface area contributed by atoms with Gasteiger partial charge >= 0.3 is 0 Å². The second-order valence-corrected chi connectivity index (χ2v) is 6.77. The molecule has 0 aliphatic heterocycles. The summed E-state index contributed by atoms with van der Waals surface area (Å²) in [6, 6.07) is 3.43. The number of carbonyl (C=O) groups is 2. The van der Waals surface area contributed by atoms with Crippen LogP contribution in [0.5, 0.6) is 0 Å². The monoisotopic (exact) mass is 315 g/mol. The third kappa shape index (κ3) is 4.58. The van der Waals surface area contributed by atoms with E-state index in [9.17, 15) is 9.59 Å². The zero-order chi connectivity index (χ0) is 14.5. The highest BCUT2D eigenvalue weighted by molar-refractivity contribution is 7.18. The summed E-state index contributed by atoms with van der Waals surface area (Å²) in [6.07, 6.45) is 3.18. The predicted molar refractivity (Wildman–Crippen MR) is 79.3 cm³/mol. The predicted octanol–water partition coefficient (Wildman–Crippen LogP) is 2.64. The largest absolute Gasteiger partial charge is 0.396 e. The zero-order valence-electron chi connectivity index (χ0n) is 11.1. The lowest BCUT2D eigenvalue weighted by atomic mass is 10.1. The van der Waals surface area contributed by atoms with Crippen molar-refractivity contribution in [1.82, 2.24) is 5.32 Å². The van der Waals surface area contributed by atoms with E-state index in [0.717, 1.165) is 12.8 Å². The number of aliphatic hydroxyl groups is 1. The van der Waals surface area contributed by atoms with E-state index in [1.165, 1.54) is 11.3 Å². The van der Waals surface area contributed by atoms with Crippen LogP contribution < -0.4 is 5.32 Å². The molecular weight excluding hydrogens is 298 g/mol. The van der Waals surface area contributed by atoms with Crippen LogP contribution in [0.15, 0.2) is 12.1 Å². The first-order chi connectivity index (χ1) is 9.60. The molecule has 6 heteroatoms. The van der Waals surface area contributed by atoms with E-state index < -0.39 is 0 Å². The molecule has 0 aromatic carbocycles. The van der Waals surface area contributed by atoms with E-state index in [1.54, 1.807) is 12.1 Å². The van der Waals surface area contributed by atoms with Crippen molar-refractivity contribution in [2.45, 2.75) is 38.1 Å². The molecule has 2 N–H and O–H groups in total. The van der Waals surface area contributed by atoms with Crippen LogP contribution in [-0.2, 0) is 4.79 Å². The minimum absolute atomic E-state index is 0.0535. The van der Waals surface area contributed by atoms with Crippen LogP contribution in [0.1, 0.15) is 41.8 Å².